The zero-order valence-corrected chi connectivity index (χ0v) is 19.6. The molecule has 0 amide bonds. The van der Waals surface area contributed by atoms with Gasteiger partial charge in [-0.25, -0.2) is 4.98 Å². The summed E-state index contributed by atoms with van der Waals surface area (Å²) in [7, 11) is 0. The van der Waals surface area contributed by atoms with E-state index in [0.29, 0.717) is 16.5 Å². The van der Waals surface area contributed by atoms with E-state index in [1.165, 1.54) is 15.8 Å². The Morgan fingerprint density at radius 3 is 2.70 bits per heavy atom. The lowest BCUT2D eigenvalue weighted by molar-refractivity contribution is -0.143. The molecular weight excluding hydrogens is 438 g/mol. The molecule has 0 fully saturated rings. The van der Waals surface area contributed by atoms with E-state index in [0.717, 1.165) is 29.9 Å². The van der Waals surface area contributed by atoms with Crippen LogP contribution in [0.4, 0.5) is 0 Å². The van der Waals surface area contributed by atoms with Gasteiger partial charge < -0.3 is 9.30 Å². The molecule has 4 aromatic rings. The maximum Gasteiger partial charge on any atom is 0.326 e. The lowest BCUT2D eigenvalue weighted by Gasteiger charge is -2.10. The van der Waals surface area contributed by atoms with Crippen molar-refractivity contribution in [2.24, 2.45) is 0 Å². The number of thiophene rings is 1. The molecule has 0 N–H and O–H groups in total. The van der Waals surface area contributed by atoms with Crippen LogP contribution in [0.25, 0.3) is 10.9 Å². The minimum Gasteiger partial charge on any atom is -0.456 e. The summed E-state index contributed by atoms with van der Waals surface area (Å²) in [6.45, 7) is 5.84. The predicted octanol–water partition coefficient (Wildman–Crippen LogP) is 3.85. The van der Waals surface area contributed by atoms with Crippen molar-refractivity contribution in [3.05, 3.63) is 85.9 Å². The highest BCUT2D eigenvalue weighted by atomic mass is 32.1. The summed E-state index contributed by atoms with van der Waals surface area (Å²) in [4.78, 5) is 43.3. The van der Waals surface area contributed by atoms with E-state index < -0.39 is 5.97 Å². The number of hydrogen-bond donors (Lipinski definition) is 0. The number of ketones is 1. The average molecular weight is 464 g/mol. The van der Waals surface area contributed by atoms with Crippen LogP contribution in [0.3, 0.4) is 0 Å². The first kappa shape index (κ1) is 22.7. The fourth-order valence-electron chi connectivity index (χ4n) is 3.96. The first-order chi connectivity index (χ1) is 15.8. The summed E-state index contributed by atoms with van der Waals surface area (Å²) >= 11 is 1.71. The van der Waals surface area contributed by atoms with E-state index in [4.69, 9.17) is 4.74 Å². The monoisotopic (exact) mass is 463 g/mol. The Morgan fingerprint density at radius 2 is 1.94 bits per heavy atom. The molecule has 1 aromatic carbocycles. The van der Waals surface area contributed by atoms with Gasteiger partial charge in [0.1, 0.15) is 6.54 Å². The molecular formula is C25H25N3O4S. The molecule has 0 atom stereocenters. The van der Waals surface area contributed by atoms with E-state index in [2.05, 4.69) is 21.0 Å². The zero-order chi connectivity index (χ0) is 23.5. The third-order valence-corrected chi connectivity index (χ3v) is 6.69. The molecule has 0 aliphatic heterocycles. The van der Waals surface area contributed by atoms with Crippen LogP contribution in [-0.4, -0.2) is 32.5 Å². The molecule has 4 rings (SSSR count). The maximum absolute atomic E-state index is 12.7. The third kappa shape index (κ3) is 4.80. The number of hydrogen-bond acceptors (Lipinski definition) is 6. The highest BCUT2D eigenvalue weighted by molar-refractivity contribution is 7.09. The average Bonchev–Trinajstić information content (AvgIpc) is 3.41. The van der Waals surface area contributed by atoms with Gasteiger partial charge in [0, 0.05) is 28.4 Å². The minimum atomic E-state index is -0.661. The van der Waals surface area contributed by atoms with Crippen molar-refractivity contribution in [1.29, 1.82) is 0 Å². The van der Waals surface area contributed by atoms with Crippen LogP contribution in [0.1, 0.15) is 32.2 Å². The first-order valence-electron chi connectivity index (χ1n) is 10.7. The molecule has 0 unspecified atom stereocenters. The molecule has 0 aliphatic carbocycles. The molecule has 0 aliphatic rings. The number of fused-ring (bicyclic) bond motifs is 1. The molecule has 8 heteroatoms. The van der Waals surface area contributed by atoms with E-state index in [1.807, 2.05) is 39.0 Å². The van der Waals surface area contributed by atoms with Crippen LogP contribution in [-0.2, 0) is 29.0 Å². The molecule has 0 spiro atoms. The van der Waals surface area contributed by atoms with Gasteiger partial charge in [0.2, 0.25) is 5.78 Å². The van der Waals surface area contributed by atoms with Gasteiger partial charge in [0.25, 0.3) is 5.56 Å². The number of esters is 1. The predicted molar refractivity (Wildman–Crippen MR) is 128 cm³/mol. The molecule has 33 heavy (non-hydrogen) atoms. The highest BCUT2D eigenvalue weighted by Gasteiger charge is 2.18. The van der Waals surface area contributed by atoms with Crippen LogP contribution in [0.15, 0.2) is 52.9 Å². The van der Waals surface area contributed by atoms with E-state index in [-0.39, 0.29) is 24.5 Å². The van der Waals surface area contributed by atoms with Crippen LogP contribution in [0.2, 0.25) is 0 Å². The number of aryl methyl sites for hydroxylation is 3. The van der Waals surface area contributed by atoms with Gasteiger partial charge in [0.05, 0.1) is 17.2 Å². The topological polar surface area (TPSA) is 83.2 Å². The fraction of sp³-hybridized carbons (Fsp3) is 0.280. The van der Waals surface area contributed by atoms with Gasteiger partial charge >= 0.3 is 5.97 Å². The van der Waals surface area contributed by atoms with Crippen molar-refractivity contribution >= 4 is 34.0 Å². The number of nitrogens with zero attached hydrogens (tertiary/aromatic N) is 3. The SMILES string of the molecule is Cc1cccc2c(=O)n(CC(=O)OCC(=O)c3cc(C)n(CCc4cccs4)c3C)cnc12. The molecule has 170 valence electrons. The summed E-state index contributed by atoms with van der Waals surface area (Å²) in [6, 6.07) is 11.3. The van der Waals surface area contributed by atoms with Crippen molar-refractivity contribution < 1.29 is 14.3 Å². The van der Waals surface area contributed by atoms with Gasteiger partial charge in [-0.15, -0.1) is 11.3 Å². The Bertz CT molecular complexity index is 1380. The normalized spacial score (nSPS) is 11.1. The second-order valence-electron chi connectivity index (χ2n) is 8.00. The lowest BCUT2D eigenvalue weighted by atomic mass is 10.1. The van der Waals surface area contributed by atoms with Crippen LogP contribution in [0.5, 0.6) is 0 Å². The Morgan fingerprint density at radius 1 is 1.12 bits per heavy atom. The summed E-state index contributed by atoms with van der Waals surface area (Å²) in [5.41, 5.74) is 3.57. The zero-order valence-electron chi connectivity index (χ0n) is 18.8. The molecule has 0 radical (unpaired) electrons. The number of carbonyl (C=O) groups excluding carboxylic acids is 2. The van der Waals surface area contributed by atoms with Gasteiger partial charge in [-0.2, -0.15) is 0 Å². The number of aromatic nitrogens is 3. The molecule has 0 saturated heterocycles. The van der Waals surface area contributed by atoms with Gasteiger partial charge in [0.15, 0.2) is 6.61 Å². The smallest absolute Gasteiger partial charge is 0.326 e. The Balaban J connectivity index is 1.39. The Kier molecular flexibility index (Phi) is 6.55. The standard InChI is InChI=1S/C25H25N3O4S/c1-16-6-4-8-20-24(16)26-15-27(25(20)31)13-23(30)32-14-22(29)21-12-17(2)28(18(21)3)10-9-19-7-5-11-33-19/h4-8,11-12,15H,9-10,13-14H2,1-3H3. The van der Waals surface area contributed by atoms with Crippen molar-refractivity contribution in [3.8, 4) is 0 Å². The summed E-state index contributed by atoms with van der Waals surface area (Å²) in [6.07, 6.45) is 2.23. The number of benzene rings is 1. The quantitative estimate of drug-likeness (QED) is 0.293. The maximum atomic E-state index is 12.7. The van der Waals surface area contributed by atoms with E-state index in [1.54, 1.807) is 23.5 Å². The number of rotatable bonds is 8. The van der Waals surface area contributed by atoms with Crippen LogP contribution < -0.4 is 5.56 Å². The molecule has 3 aromatic heterocycles. The van der Waals surface area contributed by atoms with Gasteiger partial charge in [-0.05, 0) is 56.3 Å². The second-order valence-corrected chi connectivity index (χ2v) is 9.03. The largest absolute Gasteiger partial charge is 0.456 e. The van der Waals surface area contributed by atoms with Crippen LogP contribution in [0, 0.1) is 20.8 Å². The highest BCUT2D eigenvalue weighted by Crippen LogP contribution is 2.18. The Hall–Kier alpha value is -3.52. The summed E-state index contributed by atoms with van der Waals surface area (Å²) < 4.78 is 8.50. The van der Waals surface area contributed by atoms with Crippen molar-refractivity contribution in [2.75, 3.05) is 6.61 Å². The van der Waals surface area contributed by atoms with Gasteiger partial charge in [-0.1, -0.05) is 18.2 Å². The van der Waals surface area contributed by atoms with Crippen molar-refractivity contribution in [3.63, 3.8) is 0 Å². The van der Waals surface area contributed by atoms with Gasteiger partial charge in [-0.3, -0.25) is 19.0 Å². The fourth-order valence-corrected chi connectivity index (χ4v) is 4.66. The summed E-state index contributed by atoms with van der Waals surface area (Å²) in [5.74, 6) is -0.927. The number of Topliss-reactive ketones (excluding diaryl/α,β-unsaturated/α-hetero) is 1. The first-order valence-corrected chi connectivity index (χ1v) is 11.6. The number of para-hydroxylation sites is 1. The molecule has 3 heterocycles. The Labute approximate surface area is 195 Å². The van der Waals surface area contributed by atoms with E-state index >= 15 is 0 Å². The van der Waals surface area contributed by atoms with Crippen molar-refractivity contribution in [1.82, 2.24) is 14.1 Å². The lowest BCUT2D eigenvalue weighted by Crippen LogP contribution is -2.27. The molecule has 0 bridgehead atoms. The molecule has 0 saturated carbocycles. The van der Waals surface area contributed by atoms with Crippen molar-refractivity contribution in [2.45, 2.75) is 40.3 Å². The summed E-state index contributed by atoms with van der Waals surface area (Å²) in [5, 5.41) is 2.49. The molecule has 7 nitrogen and oxygen atoms in total. The third-order valence-electron chi connectivity index (χ3n) is 5.75. The number of ether oxygens (including phenoxy) is 1. The number of carbonyl (C=O) groups is 2. The van der Waals surface area contributed by atoms with Crippen LogP contribution >= 0.6 is 11.3 Å². The minimum absolute atomic E-state index is 0.265. The second kappa shape index (κ2) is 9.54. The van der Waals surface area contributed by atoms with E-state index in [9.17, 15) is 14.4 Å².